The number of aryl methyl sites for hydroxylation is 2. The van der Waals surface area contributed by atoms with Gasteiger partial charge in [-0.25, -0.2) is 17.9 Å². The smallest absolute Gasteiger partial charge is 0.317 e. The molecule has 0 radical (unpaired) electrons. The average molecular weight is 394 g/mol. The second-order valence-electron chi connectivity index (χ2n) is 7.68. The highest BCUT2D eigenvalue weighted by atomic mass is 32.2. The van der Waals surface area contributed by atoms with E-state index in [2.05, 4.69) is 28.3 Å². The van der Waals surface area contributed by atoms with E-state index in [1.807, 2.05) is 0 Å². The summed E-state index contributed by atoms with van der Waals surface area (Å²) >= 11 is 0. The fraction of sp³-hybridized carbons (Fsp3) is 0.650. The summed E-state index contributed by atoms with van der Waals surface area (Å²) in [5.41, 5.74) is 5.87. The molecule has 0 saturated carbocycles. The van der Waals surface area contributed by atoms with Crippen molar-refractivity contribution < 1.29 is 13.2 Å². The second kappa shape index (κ2) is 8.61. The molecular weight excluding hydrogens is 362 g/mol. The van der Waals surface area contributed by atoms with Gasteiger partial charge in [-0.3, -0.25) is 0 Å². The molecule has 7 heteroatoms. The van der Waals surface area contributed by atoms with Gasteiger partial charge >= 0.3 is 6.03 Å². The number of carbonyl (C=O) groups excluding carboxylic acids is 1. The molecule has 2 amide bonds. The molecule has 0 aliphatic heterocycles. The number of fused-ring (bicyclic) bond motifs is 2. The first kappa shape index (κ1) is 20.1. The number of amides is 2. The molecule has 2 aliphatic rings. The minimum atomic E-state index is -3.70. The Morgan fingerprint density at radius 1 is 1.07 bits per heavy atom. The van der Waals surface area contributed by atoms with Crippen LogP contribution in [0, 0.1) is 0 Å². The standard InChI is InChI=1S/C20H31N3O3S/c1-3-11-21-12-10-14(2)27(25,26)23-20(24)22-19-17-8-4-6-15(17)13-16-7-5-9-18(16)19/h13-14,21H,3-12H2,1-2H3,(H2,22,23,24). The zero-order chi connectivity index (χ0) is 19.4. The monoisotopic (exact) mass is 393 g/mol. The Balaban J connectivity index is 1.66. The summed E-state index contributed by atoms with van der Waals surface area (Å²) in [6.07, 6.45) is 7.64. The van der Waals surface area contributed by atoms with Crippen molar-refractivity contribution in [2.24, 2.45) is 0 Å². The van der Waals surface area contributed by atoms with Crippen LogP contribution in [-0.4, -0.2) is 32.8 Å². The molecule has 3 N–H and O–H groups in total. The van der Waals surface area contributed by atoms with Gasteiger partial charge in [0.15, 0.2) is 0 Å². The number of carbonyl (C=O) groups is 1. The van der Waals surface area contributed by atoms with Gasteiger partial charge in [0.2, 0.25) is 10.0 Å². The molecule has 1 aromatic carbocycles. The molecule has 2 aliphatic carbocycles. The predicted octanol–water partition coefficient (Wildman–Crippen LogP) is 2.89. The first-order chi connectivity index (χ1) is 12.9. The van der Waals surface area contributed by atoms with Gasteiger partial charge in [-0.15, -0.1) is 0 Å². The van der Waals surface area contributed by atoms with E-state index < -0.39 is 21.3 Å². The minimum Gasteiger partial charge on any atom is -0.317 e. The normalized spacial score (nSPS) is 16.7. The molecule has 0 saturated heterocycles. The summed E-state index contributed by atoms with van der Waals surface area (Å²) in [5.74, 6) is 0. The van der Waals surface area contributed by atoms with Crippen LogP contribution in [-0.2, 0) is 35.7 Å². The fourth-order valence-electron chi connectivity index (χ4n) is 4.10. The van der Waals surface area contributed by atoms with Gasteiger partial charge in [-0.05, 0) is 93.6 Å². The Morgan fingerprint density at radius 2 is 1.70 bits per heavy atom. The maximum atomic E-state index is 12.5. The van der Waals surface area contributed by atoms with Crippen LogP contribution in [0.3, 0.4) is 0 Å². The molecule has 0 bridgehead atoms. The summed E-state index contributed by atoms with van der Waals surface area (Å²) in [6.45, 7) is 5.19. The number of hydrogen-bond donors (Lipinski definition) is 3. The van der Waals surface area contributed by atoms with Crippen LogP contribution in [0.4, 0.5) is 10.5 Å². The van der Waals surface area contributed by atoms with Gasteiger partial charge in [-0.2, -0.15) is 0 Å². The first-order valence-corrected chi connectivity index (χ1v) is 11.7. The van der Waals surface area contributed by atoms with Crippen LogP contribution < -0.4 is 15.4 Å². The van der Waals surface area contributed by atoms with Crippen LogP contribution in [0.25, 0.3) is 0 Å². The van der Waals surface area contributed by atoms with E-state index in [0.29, 0.717) is 13.0 Å². The third kappa shape index (κ3) is 4.63. The number of hydrogen-bond acceptors (Lipinski definition) is 4. The van der Waals surface area contributed by atoms with E-state index >= 15 is 0 Å². The van der Waals surface area contributed by atoms with Gasteiger partial charge in [-0.1, -0.05) is 13.0 Å². The summed E-state index contributed by atoms with van der Waals surface area (Å²) in [7, 11) is -3.70. The lowest BCUT2D eigenvalue weighted by Gasteiger charge is -2.18. The number of sulfonamides is 1. The zero-order valence-electron chi connectivity index (χ0n) is 16.4. The van der Waals surface area contributed by atoms with E-state index in [1.165, 1.54) is 22.3 Å². The number of benzene rings is 1. The maximum absolute atomic E-state index is 12.5. The largest absolute Gasteiger partial charge is 0.332 e. The first-order valence-electron chi connectivity index (χ1n) is 10.1. The van der Waals surface area contributed by atoms with Crippen molar-refractivity contribution in [1.82, 2.24) is 10.0 Å². The lowest BCUT2D eigenvalue weighted by Crippen LogP contribution is -2.40. The quantitative estimate of drug-likeness (QED) is 0.593. The van der Waals surface area contributed by atoms with Crippen molar-refractivity contribution in [2.75, 3.05) is 18.4 Å². The third-order valence-electron chi connectivity index (χ3n) is 5.63. The molecular formula is C20H31N3O3S. The van der Waals surface area contributed by atoms with E-state index in [1.54, 1.807) is 6.92 Å². The number of rotatable bonds is 8. The maximum Gasteiger partial charge on any atom is 0.332 e. The van der Waals surface area contributed by atoms with Gasteiger partial charge in [0.05, 0.1) is 5.25 Å². The molecule has 0 heterocycles. The second-order valence-corrected chi connectivity index (χ2v) is 9.78. The summed E-state index contributed by atoms with van der Waals surface area (Å²) in [4.78, 5) is 12.5. The van der Waals surface area contributed by atoms with Gasteiger partial charge < -0.3 is 10.6 Å². The van der Waals surface area contributed by atoms with E-state index in [9.17, 15) is 13.2 Å². The molecule has 0 fully saturated rings. The SMILES string of the molecule is CCCNCCC(C)S(=O)(=O)NC(=O)Nc1c2c(cc3c1CCC3)CCC2. The summed E-state index contributed by atoms with van der Waals surface area (Å²) in [5, 5.41) is 5.45. The highest BCUT2D eigenvalue weighted by molar-refractivity contribution is 7.90. The lowest BCUT2D eigenvalue weighted by molar-refractivity contribution is 0.256. The average Bonchev–Trinajstić information content (AvgIpc) is 3.26. The Morgan fingerprint density at radius 3 is 2.30 bits per heavy atom. The number of nitrogens with one attached hydrogen (secondary N) is 3. The molecule has 150 valence electrons. The highest BCUT2D eigenvalue weighted by Gasteiger charge is 2.27. The van der Waals surface area contributed by atoms with Gasteiger partial charge in [0.1, 0.15) is 0 Å². The van der Waals surface area contributed by atoms with Gasteiger partial charge in [0, 0.05) is 5.69 Å². The molecule has 6 nitrogen and oxygen atoms in total. The Bertz CT molecular complexity index is 773. The molecule has 0 aromatic heterocycles. The van der Waals surface area contributed by atoms with Crippen LogP contribution >= 0.6 is 0 Å². The van der Waals surface area contributed by atoms with Crippen molar-refractivity contribution in [3.05, 3.63) is 28.3 Å². The fourth-order valence-corrected chi connectivity index (χ4v) is 5.04. The van der Waals surface area contributed by atoms with Crippen molar-refractivity contribution >= 4 is 21.7 Å². The summed E-state index contributed by atoms with van der Waals surface area (Å²) < 4.78 is 27.1. The Labute approximate surface area is 162 Å². The van der Waals surface area contributed by atoms with Crippen molar-refractivity contribution in [1.29, 1.82) is 0 Å². The van der Waals surface area contributed by atoms with E-state index in [0.717, 1.165) is 57.2 Å². The van der Waals surface area contributed by atoms with Crippen LogP contribution in [0.15, 0.2) is 6.07 Å². The Hall–Kier alpha value is -1.60. The molecule has 0 spiro atoms. The number of anilines is 1. The predicted molar refractivity (Wildman–Crippen MR) is 109 cm³/mol. The van der Waals surface area contributed by atoms with E-state index in [4.69, 9.17) is 0 Å². The third-order valence-corrected chi connectivity index (χ3v) is 7.40. The molecule has 3 rings (SSSR count). The van der Waals surface area contributed by atoms with Crippen molar-refractivity contribution in [3.63, 3.8) is 0 Å². The number of urea groups is 1. The molecule has 1 aromatic rings. The minimum absolute atomic E-state index is 0.471. The van der Waals surface area contributed by atoms with Crippen molar-refractivity contribution in [3.8, 4) is 0 Å². The lowest BCUT2D eigenvalue weighted by atomic mass is 9.99. The van der Waals surface area contributed by atoms with Gasteiger partial charge in [0.25, 0.3) is 0 Å². The Kier molecular flexibility index (Phi) is 6.42. The summed E-state index contributed by atoms with van der Waals surface area (Å²) in [6, 6.07) is 1.65. The highest BCUT2D eigenvalue weighted by Crippen LogP contribution is 2.38. The zero-order valence-corrected chi connectivity index (χ0v) is 17.2. The topological polar surface area (TPSA) is 87.3 Å². The molecule has 1 unspecified atom stereocenters. The van der Waals surface area contributed by atoms with E-state index in [-0.39, 0.29) is 0 Å². The van der Waals surface area contributed by atoms with Crippen LogP contribution in [0.1, 0.15) is 61.8 Å². The molecule has 1 atom stereocenters. The molecule has 27 heavy (non-hydrogen) atoms. The van der Waals surface area contributed by atoms with Crippen molar-refractivity contribution in [2.45, 2.75) is 70.5 Å². The van der Waals surface area contributed by atoms with Crippen LogP contribution in [0.5, 0.6) is 0 Å². The van der Waals surface area contributed by atoms with Crippen LogP contribution in [0.2, 0.25) is 0 Å².